The maximum atomic E-state index is 12.9. The highest BCUT2D eigenvalue weighted by Gasteiger charge is 2.33. The van der Waals surface area contributed by atoms with Crippen LogP contribution in [0.3, 0.4) is 0 Å². The predicted octanol–water partition coefficient (Wildman–Crippen LogP) is 1.15. The fourth-order valence-corrected chi connectivity index (χ4v) is 3.06. The van der Waals surface area contributed by atoms with E-state index in [1.807, 2.05) is 18.0 Å². The lowest BCUT2D eigenvalue weighted by Crippen LogP contribution is -2.56. The summed E-state index contributed by atoms with van der Waals surface area (Å²) >= 11 is 0. The molecule has 0 aliphatic carbocycles. The van der Waals surface area contributed by atoms with Gasteiger partial charge in [-0.2, -0.15) is 5.10 Å². The van der Waals surface area contributed by atoms with Crippen LogP contribution in [0.5, 0.6) is 0 Å². The van der Waals surface area contributed by atoms with Crippen molar-refractivity contribution in [2.24, 2.45) is 5.73 Å². The van der Waals surface area contributed by atoms with Crippen LogP contribution in [0.1, 0.15) is 18.1 Å². The van der Waals surface area contributed by atoms with Gasteiger partial charge in [-0.15, -0.1) is 0 Å². The van der Waals surface area contributed by atoms with Gasteiger partial charge in [0.05, 0.1) is 25.5 Å². The van der Waals surface area contributed by atoms with E-state index >= 15 is 0 Å². The lowest BCUT2D eigenvalue weighted by molar-refractivity contribution is -0.136. The second-order valence-corrected chi connectivity index (χ2v) is 6.07. The fourth-order valence-electron chi connectivity index (χ4n) is 3.06. The molecular formula is C17H21FN4O2. The van der Waals surface area contributed by atoms with Gasteiger partial charge in [0.1, 0.15) is 11.9 Å². The first-order chi connectivity index (χ1) is 11.5. The van der Waals surface area contributed by atoms with E-state index in [0.29, 0.717) is 26.2 Å². The smallest absolute Gasteiger partial charge is 0.237 e. The Bertz CT molecular complexity index is 701. The maximum absolute atomic E-state index is 12.9. The lowest BCUT2D eigenvalue weighted by Gasteiger charge is -2.37. The van der Waals surface area contributed by atoms with E-state index in [9.17, 15) is 9.18 Å². The number of nitrogens with two attached hydrogens (primary N) is 1. The van der Waals surface area contributed by atoms with Crippen LogP contribution in [0.2, 0.25) is 0 Å². The van der Waals surface area contributed by atoms with E-state index in [1.54, 1.807) is 23.0 Å². The molecule has 3 rings (SSSR count). The number of rotatable bonds is 5. The average molecular weight is 332 g/mol. The summed E-state index contributed by atoms with van der Waals surface area (Å²) in [5.41, 5.74) is 7.48. The normalized spacial score (nSPS) is 21.8. The molecule has 128 valence electrons. The largest absolute Gasteiger partial charge is 0.375 e. The average Bonchev–Trinajstić information content (AvgIpc) is 2.96. The highest BCUT2D eigenvalue weighted by Crippen LogP contribution is 2.17. The molecule has 0 radical (unpaired) electrons. The molecule has 0 spiro atoms. The van der Waals surface area contributed by atoms with Gasteiger partial charge in [-0.3, -0.25) is 14.4 Å². The molecule has 1 saturated heterocycles. The fraction of sp³-hybridized carbons (Fsp3) is 0.412. The number of primary amides is 1. The minimum atomic E-state index is -0.431. The van der Waals surface area contributed by atoms with Gasteiger partial charge in [0.2, 0.25) is 5.91 Å². The minimum Gasteiger partial charge on any atom is -0.375 e. The molecule has 0 saturated carbocycles. The van der Waals surface area contributed by atoms with Crippen LogP contribution < -0.4 is 5.73 Å². The Morgan fingerprint density at radius 1 is 1.33 bits per heavy atom. The number of carbonyl (C=O) groups excluding carboxylic acids is 1. The van der Waals surface area contributed by atoms with Gasteiger partial charge in [-0.25, -0.2) is 4.39 Å². The van der Waals surface area contributed by atoms with Crippen LogP contribution in [0.15, 0.2) is 36.7 Å². The molecule has 1 aliphatic heterocycles. The first-order valence-electron chi connectivity index (χ1n) is 7.93. The first kappa shape index (κ1) is 16.6. The molecule has 1 fully saturated rings. The van der Waals surface area contributed by atoms with Crippen LogP contribution in [0, 0.1) is 5.82 Å². The molecule has 6 nitrogen and oxygen atoms in total. The van der Waals surface area contributed by atoms with Crippen LogP contribution in [0.25, 0.3) is 0 Å². The predicted molar refractivity (Wildman–Crippen MR) is 86.5 cm³/mol. The molecule has 2 atom stereocenters. The van der Waals surface area contributed by atoms with Gasteiger partial charge in [0, 0.05) is 24.8 Å². The summed E-state index contributed by atoms with van der Waals surface area (Å²) < 4.78 is 20.3. The third-order valence-corrected chi connectivity index (χ3v) is 4.22. The van der Waals surface area contributed by atoms with Crippen LogP contribution in [0.4, 0.5) is 4.39 Å². The number of amides is 1. The second kappa shape index (κ2) is 7.11. The molecule has 1 aromatic carbocycles. The third-order valence-electron chi connectivity index (χ3n) is 4.22. The van der Waals surface area contributed by atoms with Crippen LogP contribution in [-0.4, -0.2) is 45.9 Å². The Morgan fingerprint density at radius 3 is 2.79 bits per heavy atom. The number of ether oxygens (including phenoxy) is 1. The van der Waals surface area contributed by atoms with E-state index < -0.39 is 6.04 Å². The summed E-state index contributed by atoms with van der Waals surface area (Å²) in [4.78, 5) is 13.7. The summed E-state index contributed by atoms with van der Waals surface area (Å²) in [5, 5.41) is 4.34. The second-order valence-electron chi connectivity index (χ2n) is 6.07. The van der Waals surface area contributed by atoms with Crippen molar-refractivity contribution in [2.75, 3.05) is 13.2 Å². The number of benzene rings is 1. The number of halogens is 1. The molecule has 0 bridgehead atoms. The quantitative estimate of drug-likeness (QED) is 0.891. The summed E-state index contributed by atoms with van der Waals surface area (Å²) in [6.45, 7) is 4.25. The summed E-state index contributed by atoms with van der Waals surface area (Å²) in [6, 6.07) is 5.92. The van der Waals surface area contributed by atoms with E-state index in [2.05, 4.69) is 5.10 Å². The summed E-state index contributed by atoms with van der Waals surface area (Å²) in [6.07, 6.45) is 3.49. The van der Waals surface area contributed by atoms with Crippen molar-refractivity contribution >= 4 is 5.91 Å². The van der Waals surface area contributed by atoms with Crippen molar-refractivity contribution in [3.05, 3.63) is 53.6 Å². The third kappa shape index (κ3) is 3.80. The highest BCUT2D eigenvalue weighted by molar-refractivity contribution is 5.80. The summed E-state index contributed by atoms with van der Waals surface area (Å²) in [5.74, 6) is -0.625. The zero-order valence-electron chi connectivity index (χ0n) is 13.6. The molecule has 2 heterocycles. The minimum absolute atomic E-state index is 0.217. The van der Waals surface area contributed by atoms with Crippen LogP contribution in [-0.2, 0) is 22.6 Å². The number of carbonyl (C=O) groups is 1. The Labute approximate surface area is 140 Å². The van der Waals surface area contributed by atoms with Crippen molar-refractivity contribution < 1.29 is 13.9 Å². The monoisotopic (exact) mass is 332 g/mol. The molecule has 7 heteroatoms. The number of hydrogen-bond acceptors (Lipinski definition) is 4. The summed E-state index contributed by atoms with van der Waals surface area (Å²) in [7, 11) is 0. The Hall–Kier alpha value is -2.25. The molecule has 2 N–H and O–H groups in total. The van der Waals surface area contributed by atoms with Gasteiger partial charge in [0.25, 0.3) is 0 Å². The van der Waals surface area contributed by atoms with Crippen molar-refractivity contribution in [3.63, 3.8) is 0 Å². The van der Waals surface area contributed by atoms with Gasteiger partial charge in [-0.1, -0.05) is 12.1 Å². The highest BCUT2D eigenvalue weighted by atomic mass is 19.1. The Morgan fingerprint density at radius 2 is 2.08 bits per heavy atom. The number of aromatic nitrogens is 2. The van der Waals surface area contributed by atoms with Crippen molar-refractivity contribution in [1.82, 2.24) is 14.7 Å². The Kier molecular flexibility index (Phi) is 4.92. The van der Waals surface area contributed by atoms with Crippen molar-refractivity contribution in [2.45, 2.75) is 32.2 Å². The molecule has 1 amide bonds. The van der Waals surface area contributed by atoms with Gasteiger partial charge in [0.15, 0.2) is 0 Å². The van der Waals surface area contributed by atoms with E-state index in [0.717, 1.165) is 11.1 Å². The van der Waals surface area contributed by atoms with Gasteiger partial charge in [-0.05, 0) is 24.6 Å². The van der Waals surface area contributed by atoms with Crippen LogP contribution >= 0.6 is 0 Å². The topological polar surface area (TPSA) is 73.4 Å². The van der Waals surface area contributed by atoms with E-state index in [-0.39, 0.29) is 17.8 Å². The molecule has 1 aromatic heterocycles. The lowest BCUT2D eigenvalue weighted by atomic mass is 10.1. The zero-order chi connectivity index (χ0) is 17.1. The number of morpholine rings is 1. The molecule has 1 aliphatic rings. The molecular weight excluding hydrogens is 311 g/mol. The standard InChI is InChI=1S/C17H21FN4O2/c1-12-16(17(19)23)21(6-7-24-12)9-14-8-20-22(11-14)10-13-2-4-15(18)5-3-13/h2-5,8,11-12,16H,6-7,9-10H2,1H3,(H2,19,23)/t12-,16+/m1/s1. The molecule has 24 heavy (non-hydrogen) atoms. The maximum Gasteiger partial charge on any atom is 0.237 e. The Balaban J connectivity index is 1.66. The van der Waals surface area contributed by atoms with E-state index in [1.165, 1.54) is 12.1 Å². The molecule has 2 aromatic rings. The number of nitrogens with zero attached hydrogens (tertiary/aromatic N) is 3. The number of hydrogen-bond donors (Lipinski definition) is 1. The van der Waals surface area contributed by atoms with Gasteiger partial charge < -0.3 is 10.5 Å². The first-order valence-corrected chi connectivity index (χ1v) is 7.93. The van der Waals surface area contributed by atoms with Crippen molar-refractivity contribution in [3.8, 4) is 0 Å². The SMILES string of the molecule is C[C@H]1OCCN(Cc2cnn(Cc3ccc(F)cc3)c2)[C@@H]1C(N)=O. The van der Waals surface area contributed by atoms with E-state index in [4.69, 9.17) is 10.5 Å². The van der Waals surface area contributed by atoms with Crippen molar-refractivity contribution in [1.29, 1.82) is 0 Å². The zero-order valence-corrected chi connectivity index (χ0v) is 13.6. The molecule has 0 unspecified atom stereocenters. The van der Waals surface area contributed by atoms with Gasteiger partial charge >= 0.3 is 0 Å².